The van der Waals surface area contributed by atoms with E-state index in [4.69, 9.17) is 4.74 Å². The molecule has 6 aliphatic rings. The zero-order chi connectivity index (χ0) is 60.8. The van der Waals surface area contributed by atoms with Crippen LogP contribution in [0.5, 0.6) is 5.75 Å². The van der Waals surface area contributed by atoms with Gasteiger partial charge in [0.15, 0.2) is 17.6 Å². The first kappa shape index (κ1) is 65.4. The predicted octanol–water partition coefficient (Wildman–Crippen LogP) is 10.5. The predicted molar refractivity (Wildman–Crippen MR) is 330 cm³/mol. The summed E-state index contributed by atoms with van der Waals surface area (Å²) < 4.78 is 6.74. The molecule has 0 bridgehead atoms. The first-order chi connectivity index (χ1) is 39.8. The number of hydrogen-bond donors (Lipinski definition) is 6. The molecular formula is C65H96N6O11S2. The van der Waals surface area contributed by atoms with E-state index in [2.05, 4.69) is 46.3 Å². The highest BCUT2D eigenvalue weighted by Gasteiger charge is 2.63. The van der Waals surface area contributed by atoms with Crippen molar-refractivity contribution in [1.29, 1.82) is 0 Å². The van der Waals surface area contributed by atoms with Gasteiger partial charge in [-0.15, -0.1) is 23.1 Å². The number of hydrogen-bond acceptors (Lipinski definition) is 15. The lowest BCUT2D eigenvalue weighted by Gasteiger charge is -2.62. The molecule has 2 aromatic rings. The van der Waals surface area contributed by atoms with E-state index in [-0.39, 0.29) is 40.5 Å². The van der Waals surface area contributed by atoms with Crippen LogP contribution in [0.25, 0.3) is 10.2 Å². The molecule has 2 heterocycles. The Bertz CT molecular complexity index is 2850. The quantitative estimate of drug-likeness (QED) is 0.0343. The number of carboxylic acids is 2. The number of aromatic nitrogens is 1. The molecule has 4 fully saturated rings. The van der Waals surface area contributed by atoms with Crippen molar-refractivity contribution in [3.63, 3.8) is 0 Å². The van der Waals surface area contributed by atoms with E-state index in [1.807, 2.05) is 20.9 Å². The number of rotatable bonds is 28. The summed E-state index contributed by atoms with van der Waals surface area (Å²) in [5, 5.41) is 49.5. The Kier molecular flexibility index (Phi) is 21.9. The zero-order valence-corrected chi connectivity index (χ0v) is 53.1. The van der Waals surface area contributed by atoms with Crippen molar-refractivity contribution in [3.8, 4) is 5.75 Å². The van der Waals surface area contributed by atoms with Crippen LogP contribution in [0.3, 0.4) is 0 Å². The normalized spacial score (nSPS) is 28.7. The minimum atomic E-state index is -0.976. The Morgan fingerprint density at radius 1 is 0.845 bits per heavy atom. The molecule has 1 aromatic heterocycles. The average molecular weight is 1200 g/mol. The second kappa shape index (κ2) is 28.1. The summed E-state index contributed by atoms with van der Waals surface area (Å²) in [6.07, 6.45) is 14.0. The number of ketones is 2. The number of thioether (sulfide) groups is 1. The van der Waals surface area contributed by atoms with Crippen LogP contribution in [-0.2, 0) is 24.0 Å². The first-order valence-corrected chi connectivity index (χ1v) is 33.2. The van der Waals surface area contributed by atoms with Crippen LogP contribution in [0, 0.1) is 51.8 Å². The fourth-order valence-corrected chi connectivity index (χ4v) is 18.1. The molecule has 1 aliphatic heterocycles. The number of aliphatic imine (C=N–C) groups is 1. The highest BCUT2D eigenvalue weighted by Crippen LogP contribution is 2.68. The van der Waals surface area contributed by atoms with E-state index < -0.39 is 35.5 Å². The molecule has 464 valence electrons. The highest BCUT2D eigenvalue weighted by atomic mass is 32.2. The van der Waals surface area contributed by atoms with Gasteiger partial charge in [0.1, 0.15) is 21.8 Å². The van der Waals surface area contributed by atoms with E-state index in [0.29, 0.717) is 176 Å². The number of benzene rings is 1. The molecular weight excluding hydrogens is 1100 g/mol. The highest BCUT2D eigenvalue weighted by molar-refractivity contribution is 8.15. The molecule has 0 spiro atoms. The number of aliphatic carboxylic acids is 2. The van der Waals surface area contributed by atoms with E-state index in [0.717, 1.165) is 49.6 Å². The number of amides is 2. The van der Waals surface area contributed by atoms with Crippen molar-refractivity contribution >= 4 is 73.9 Å². The molecule has 2 unspecified atom stereocenters. The van der Waals surface area contributed by atoms with Crippen LogP contribution in [0.1, 0.15) is 176 Å². The van der Waals surface area contributed by atoms with Gasteiger partial charge in [-0.3, -0.25) is 24.2 Å². The fourth-order valence-electron chi connectivity index (χ4n) is 16.0. The summed E-state index contributed by atoms with van der Waals surface area (Å²) in [7, 11) is 1.96. The van der Waals surface area contributed by atoms with Gasteiger partial charge < -0.3 is 45.6 Å². The van der Waals surface area contributed by atoms with Crippen molar-refractivity contribution in [2.75, 3.05) is 52.1 Å². The number of Topliss-reactive ketones (excluding diaryl/α,β-unsaturated/α-hetero) is 2. The number of nitrogens with zero attached hydrogens (tertiary/aromatic N) is 4. The minimum Gasteiger partial charge on any atom is -0.480 e. The standard InChI is InChI=1S/C65H96N6O11S2/c1-38(46-22-23-47-45-21-19-42-34-43(72)25-26-64(42,7)48(45)36-53(73)65(46,47)8)16-15-29-66-50(60(77)78)17-12-13-28-67-54(74)18-11-10-14-30-71(33-32-70(9)31-27-63(5,6)55-41(4)56(75)39(2)40(3)57(55)76)62(81)82-44-20-24-49-52(35-44)84-59(68-49)58-69-51(37-83-58)61(79)80/h20,24,35,38,42-43,45-48,50-51,53,66,72-73H,10-19,21-23,25-34,36-37H2,1-9H3,(H,67,74)(H,77,78)(H,79,80)/t38-,42-,43-,45+,46-,47+,48+,50?,51?,53+,64+,65-/m1/s1. The van der Waals surface area contributed by atoms with Gasteiger partial charge in [0.2, 0.25) is 5.91 Å². The van der Waals surface area contributed by atoms with Gasteiger partial charge in [-0.2, -0.15) is 0 Å². The van der Waals surface area contributed by atoms with Crippen LogP contribution in [0.4, 0.5) is 4.79 Å². The number of unbranched alkanes of at least 4 members (excludes halogenated alkanes) is 3. The lowest BCUT2D eigenvalue weighted by Crippen LogP contribution is -2.58. The summed E-state index contributed by atoms with van der Waals surface area (Å²) in [4.78, 5) is 89.9. The summed E-state index contributed by atoms with van der Waals surface area (Å²) in [5.41, 5.74) is 2.27. The van der Waals surface area contributed by atoms with Crippen LogP contribution in [0.2, 0.25) is 0 Å². The fraction of sp³-hybridized carbons (Fsp3) is 0.723. The largest absolute Gasteiger partial charge is 0.480 e. The molecule has 2 amide bonds. The second-order valence-electron chi connectivity index (χ2n) is 27.0. The Hall–Kier alpha value is -4.53. The molecule has 0 saturated heterocycles. The van der Waals surface area contributed by atoms with Crippen molar-refractivity contribution in [2.45, 2.75) is 195 Å². The third-order valence-electron chi connectivity index (χ3n) is 21.3. The topological polar surface area (TPSA) is 248 Å². The third kappa shape index (κ3) is 14.7. The maximum Gasteiger partial charge on any atom is 0.415 e. The van der Waals surface area contributed by atoms with Gasteiger partial charge in [-0.1, -0.05) is 41.0 Å². The van der Waals surface area contributed by atoms with Gasteiger partial charge >= 0.3 is 18.0 Å². The molecule has 12 atom stereocenters. The van der Waals surface area contributed by atoms with Gasteiger partial charge in [0.25, 0.3) is 0 Å². The molecule has 8 rings (SSSR count). The molecule has 4 saturated carbocycles. The smallest absolute Gasteiger partial charge is 0.415 e. The first-order valence-electron chi connectivity index (χ1n) is 31.4. The van der Waals surface area contributed by atoms with Gasteiger partial charge in [0.05, 0.1) is 22.4 Å². The third-order valence-corrected chi connectivity index (χ3v) is 23.5. The molecule has 19 heteroatoms. The number of nitrogens with one attached hydrogen (secondary N) is 2. The SMILES string of the molecule is CC1=C(C)C(=O)C(C(C)(C)CCN(C)CCN(CCCCCC(=O)NCCCCC(NCCC[C@@H](C)[C@H]2CC[C@H]3[C@@H]4CC[C@@H]5C[C@H](O)CC[C@]5(C)[C@H]4C[C@H](O)[C@]23C)C(=O)O)C(=O)Oc2ccc3nc(C4=NC(C(=O)O)CS4)sc3c2)=C(C)C1=O. The van der Waals surface area contributed by atoms with Crippen LogP contribution < -0.4 is 15.4 Å². The minimum absolute atomic E-state index is 0.0686. The van der Waals surface area contributed by atoms with E-state index >= 15 is 0 Å². The molecule has 1 aromatic carbocycles. The number of carboxylic acid groups (broad SMARTS) is 2. The van der Waals surface area contributed by atoms with Gasteiger partial charge in [-0.25, -0.2) is 14.6 Å². The van der Waals surface area contributed by atoms with Crippen molar-refractivity contribution < 1.29 is 53.9 Å². The summed E-state index contributed by atoms with van der Waals surface area (Å²) in [5.74, 6) is 1.75. The van der Waals surface area contributed by atoms with Crippen LogP contribution in [0.15, 0.2) is 45.5 Å². The van der Waals surface area contributed by atoms with Crippen LogP contribution in [-0.4, -0.2) is 152 Å². The average Bonchev–Trinajstić information content (AvgIpc) is 1.41. The number of aliphatic hydroxyl groups is 2. The van der Waals surface area contributed by atoms with Gasteiger partial charge in [-0.05, 0) is 208 Å². The monoisotopic (exact) mass is 1200 g/mol. The Labute approximate surface area is 506 Å². The molecule has 84 heavy (non-hydrogen) atoms. The van der Waals surface area contributed by atoms with Crippen molar-refractivity contribution in [3.05, 3.63) is 45.5 Å². The summed E-state index contributed by atoms with van der Waals surface area (Å²) >= 11 is 2.71. The maximum atomic E-state index is 14.0. The Morgan fingerprint density at radius 3 is 2.35 bits per heavy atom. The van der Waals surface area contributed by atoms with E-state index in [1.54, 1.807) is 43.9 Å². The van der Waals surface area contributed by atoms with E-state index in [1.165, 1.54) is 42.4 Å². The van der Waals surface area contributed by atoms with Crippen molar-refractivity contribution in [1.82, 2.24) is 25.4 Å². The van der Waals surface area contributed by atoms with Crippen LogP contribution >= 0.6 is 23.1 Å². The maximum absolute atomic E-state index is 14.0. The lowest BCUT2D eigenvalue weighted by atomic mass is 9.43. The number of ether oxygens (including phenoxy) is 1. The Morgan fingerprint density at radius 2 is 1.61 bits per heavy atom. The number of carbonyl (C=O) groups excluding carboxylic acids is 4. The summed E-state index contributed by atoms with van der Waals surface area (Å²) in [6, 6.07) is 3.73. The number of fused-ring (bicyclic) bond motifs is 6. The van der Waals surface area contributed by atoms with Gasteiger partial charge in [0, 0.05) is 66.7 Å². The summed E-state index contributed by atoms with van der Waals surface area (Å²) in [6.45, 7) is 19.2. The lowest BCUT2D eigenvalue weighted by molar-refractivity contribution is -0.174. The number of thiazole rings is 1. The number of allylic oxidation sites excluding steroid dienone is 4. The molecule has 0 radical (unpaired) electrons. The molecule has 17 nitrogen and oxygen atoms in total. The number of carbonyl (C=O) groups is 6. The zero-order valence-electron chi connectivity index (χ0n) is 51.4. The number of aliphatic hydroxyl groups excluding tert-OH is 2. The Balaban J connectivity index is 0.751. The van der Waals surface area contributed by atoms with E-state index in [9.17, 15) is 49.2 Å². The molecule has 6 N–H and O–H groups in total. The number of likely N-dealkylation sites (N-methyl/N-ethyl adjacent to an activating group) is 1. The molecule has 5 aliphatic carbocycles. The van der Waals surface area contributed by atoms with Crippen molar-refractivity contribution in [2.24, 2.45) is 56.7 Å². The second-order valence-corrected chi connectivity index (χ2v) is 29.0.